The number of carbonyl (C=O) groups is 2. The maximum atomic E-state index is 12.6. The Hall–Kier alpha value is -2.86. The third-order valence-electron chi connectivity index (χ3n) is 4.55. The highest BCUT2D eigenvalue weighted by molar-refractivity contribution is 5.93. The summed E-state index contributed by atoms with van der Waals surface area (Å²) in [5.41, 5.74) is 6.45. The fourth-order valence-electron chi connectivity index (χ4n) is 3.05. The van der Waals surface area contributed by atoms with Crippen molar-refractivity contribution in [3.8, 4) is 11.8 Å². The Morgan fingerprint density at radius 2 is 2.11 bits per heavy atom. The Morgan fingerprint density at radius 3 is 2.67 bits per heavy atom. The summed E-state index contributed by atoms with van der Waals surface area (Å²) >= 11 is 0. The lowest BCUT2D eigenvalue weighted by atomic mass is 10.2. The predicted octanol–water partition coefficient (Wildman–Crippen LogP) is -1.96. The number of hydrogen-bond donors (Lipinski definition) is 5. The molecule has 6 N–H and O–H groups in total. The van der Waals surface area contributed by atoms with Crippen LogP contribution >= 0.6 is 0 Å². The lowest BCUT2D eigenvalue weighted by molar-refractivity contribution is -0.121. The van der Waals surface area contributed by atoms with Crippen molar-refractivity contribution in [1.29, 1.82) is 0 Å². The van der Waals surface area contributed by atoms with Gasteiger partial charge in [0.2, 0.25) is 5.91 Å². The van der Waals surface area contributed by atoms with E-state index in [1.165, 1.54) is 7.05 Å². The molecule has 0 aromatic rings. The first-order valence-electron chi connectivity index (χ1n) is 9.07. The van der Waals surface area contributed by atoms with E-state index in [0.29, 0.717) is 18.8 Å². The molecule has 1 unspecified atom stereocenters. The number of nitrogens with one attached hydrogen (secondary N) is 4. The van der Waals surface area contributed by atoms with Crippen molar-refractivity contribution in [2.24, 2.45) is 5.73 Å². The molecule has 27 heavy (non-hydrogen) atoms. The highest BCUT2D eigenvalue weighted by Crippen LogP contribution is 2.18. The van der Waals surface area contributed by atoms with Gasteiger partial charge >= 0.3 is 0 Å². The van der Waals surface area contributed by atoms with E-state index in [9.17, 15) is 9.59 Å². The molecule has 0 spiro atoms. The van der Waals surface area contributed by atoms with Crippen LogP contribution in [0.1, 0.15) is 13.3 Å². The zero-order valence-corrected chi connectivity index (χ0v) is 16.0. The zero-order valence-electron chi connectivity index (χ0n) is 16.0. The molecule has 0 bridgehead atoms. The molecule has 2 aliphatic rings. The average Bonchev–Trinajstić information content (AvgIpc) is 3.09. The van der Waals surface area contributed by atoms with Gasteiger partial charge in [0.1, 0.15) is 23.4 Å². The molecule has 9 nitrogen and oxygen atoms in total. The largest absolute Gasteiger partial charge is 0.384 e. The van der Waals surface area contributed by atoms with Gasteiger partial charge in [0.15, 0.2) is 0 Å². The normalized spacial score (nSPS) is 20.0. The summed E-state index contributed by atoms with van der Waals surface area (Å²) in [5, 5.41) is 11.6. The van der Waals surface area contributed by atoms with Gasteiger partial charge < -0.3 is 36.8 Å². The number of carbonyl (C=O) groups excluding carboxylic acids is 2. The number of nitrogens with two attached hydrogens (primary N) is 1. The summed E-state index contributed by atoms with van der Waals surface area (Å²) in [5.74, 6) is 6.11. The monoisotopic (exact) mass is 375 g/mol. The first kappa shape index (κ1) is 20.5. The Labute approximate surface area is 160 Å². The van der Waals surface area contributed by atoms with E-state index in [-0.39, 0.29) is 29.9 Å². The standard InChI is InChI=1S/C18H29N7O2/c1-4-5-10-25(13(2)24-11-8-21-9-12-24)15(18(27)20-3)16(19)23-14-6-7-22-17(14)26/h14,21,23H,2,6-12,19H2,1,3H3,(H,20,27)(H,22,26)/b16-15+. The van der Waals surface area contributed by atoms with E-state index in [1.54, 1.807) is 11.8 Å². The smallest absolute Gasteiger partial charge is 0.271 e. The van der Waals surface area contributed by atoms with Crippen LogP contribution in [0.4, 0.5) is 0 Å². The van der Waals surface area contributed by atoms with Gasteiger partial charge in [-0.3, -0.25) is 9.59 Å². The Bertz CT molecular complexity index is 671. The summed E-state index contributed by atoms with van der Waals surface area (Å²) < 4.78 is 0. The van der Waals surface area contributed by atoms with E-state index in [1.807, 2.05) is 0 Å². The van der Waals surface area contributed by atoms with E-state index in [0.717, 1.165) is 26.2 Å². The van der Waals surface area contributed by atoms with Crippen molar-refractivity contribution in [1.82, 2.24) is 31.1 Å². The minimum atomic E-state index is -0.462. The highest BCUT2D eigenvalue weighted by Gasteiger charge is 2.29. The molecule has 2 fully saturated rings. The van der Waals surface area contributed by atoms with Gasteiger partial charge in [0, 0.05) is 39.8 Å². The molecule has 0 aliphatic carbocycles. The molecule has 0 aromatic carbocycles. The molecule has 2 amide bonds. The van der Waals surface area contributed by atoms with Gasteiger partial charge in [-0.2, -0.15) is 0 Å². The summed E-state index contributed by atoms with van der Waals surface area (Å²) in [7, 11) is 1.54. The number of amides is 2. The number of piperazine rings is 1. The second-order valence-corrected chi connectivity index (χ2v) is 6.28. The van der Waals surface area contributed by atoms with Crippen LogP contribution in [0, 0.1) is 11.8 Å². The van der Waals surface area contributed by atoms with E-state index in [2.05, 4.69) is 44.6 Å². The van der Waals surface area contributed by atoms with Crippen molar-refractivity contribution in [2.75, 3.05) is 46.3 Å². The van der Waals surface area contributed by atoms with E-state index in [4.69, 9.17) is 5.73 Å². The summed E-state index contributed by atoms with van der Waals surface area (Å²) in [6.45, 7) is 9.97. The average molecular weight is 375 g/mol. The van der Waals surface area contributed by atoms with Gasteiger partial charge in [-0.15, -0.1) is 5.92 Å². The van der Waals surface area contributed by atoms with Gasteiger partial charge in [-0.1, -0.05) is 12.5 Å². The van der Waals surface area contributed by atoms with Crippen molar-refractivity contribution < 1.29 is 9.59 Å². The second-order valence-electron chi connectivity index (χ2n) is 6.28. The molecule has 148 valence electrons. The number of rotatable bonds is 7. The van der Waals surface area contributed by atoms with Crippen LogP contribution in [0.5, 0.6) is 0 Å². The molecule has 2 heterocycles. The molecule has 2 rings (SSSR count). The lowest BCUT2D eigenvalue weighted by Gasteiger charge is -2.37. The quantitative estimate of drug-likeness (QED) is 0.259. The molecule has 9 heteroatoms. The topological polar surface area (TPSA) is 115 Å². The molecule has 2 aliphatic heterocycles. The van der Waals surface area contributed by atoms with Crippen LogP contribution in [0.3, 0.4) is 0 Å². The minimum absolute atomic E-state index is 0.130. The Morgan fingerprint density at radius 1 is 1.41 bits per heavy atom. The first-order valence-corrected chi connectivity index (χ1v) is 9.07. The molecular formula is C18H29N7O2. The first-order chi connectivity index (χ1) is 13.0. The van der Waals surface area contributed by atoms with Gasteiger partial charge in [0.25, 0.3) is 5.91 Å². The second kappa shape index (κ2) is 9.73. The van der Waals surface area contributed by atoms with Gasteiger partial charge in [0.05, 0.1) is 6.54 Å². The van der Waals surface area contributed by atoms with Gasteiger partial charge in [-0.25, -0.2) is 0 Å². The van der Waals surface area contributed by atoms with Crippen LogP contribution < -0.4 is 27.0 Å². The van der Waals surface area contributed by atoms with Crippen LogP contribution in [0.2, 0.25) is 0 Å². The number of nitrogens with zero attached hydrogens (tertiary/aromatic N) is 2. The number of likely N-dealkylation sites (N-methyl/N-ethyl adjacent to an activating group) is 1. The van der Waals surface area contributed by atoms with Crippen LogP contribution in [-0.2, 0) is 9.59 Å². The summed E-state index contributed by atoms with van der Waals surface area (Å²) in [6.07, 6.45) is 0.605. The fraction of sp³-hybridized carbons (Fsp3) is 0.556. The molecule has 0 radical (unpaired) electrons. The van der Waals surface area contributed by atoms with Crippen molar-refractivity contribution in [3.63, 3.8) is 0 Å². The Kier molecular flexibility index (Phi) is 7.37. The maximum Gasteiger partial charge on any atom is 0.271 e. The van der Waals surface area contributed by atoms with Gasteiger partial charge in [-0.05, 0) is 13.3 Å². The van der Waals surface area contributed by atoms with Crippen molar-refractivity contribution >= 4 is 11.8 Å². The van der Waals surface area contributed by atoms with Crippen LogP contribution in [0.15, 0.2) is 23.9 Å². The third kappa shape index (κ3) is 5.08. The maximum absolute atomic E-state index is 12.6. The van der Waals surface area contributed by atoms with E-state index < -0.39 is 6.04 Å². The molecule has 1 atom stereocenters. The van der Waals surface area contributed by atoms with Crippen molar-refractivity contribution in [3.05, 3.63) is 23.9 Å². The van der Waals surface area contributed by atoms with Crippen LogP contribution in [-0.4, -0.2) is 74.0 Å². The van der Waals surface area contributed by atoms with Crippen LogP contribution in [0.25, 0.3) is 0 Å². The number of hydrogen-bond acceptors (Lipinski definition) is 7. The van der Waals surface area contributed by atoms with Crippen molar-refractivity contribution in [2.45, 2.75) is 19.4 Å². The SMILES string of the molecule is C=C(N1CCNCC1)N(CC#CC)/C(C(=O)NC)=C(\N)NC1CCNC1=O. The summed E-state index contributed by atoms with van der Waals surface area (Å²) in [4.78, 5) is 28.3. The predicted molar refractivity (Wildman–Crippen MR) is 104 cm³/mol. The molecule has 2 saturated heterocycles. The van der Waals surface area contributed by atoms with E-state index >= 15 is 0 Å². The Balaban J connectivity index is 2.34. The molecule has 0 saturated carbocycles. The summed E-state index contributed by atoms with van der Waals surface area (Å²) in [6, 6.07) is -0.462. The minimum Gasteiger partial charge on any atom is -0.384 e. The third-order valence-corrected chi connectivity index (χ3v) is 4.55. The zero-order chi connectivity index (χ0) is 19.8. The fourth-order valence-corrected chi connectivity index (χ4v) is 3.05. The lowest BCUT2D eigenvalue weighted by Crippen LogP contribution is -2.49. The molecule has 0 aromatic heterocycles. The highest BCUT2D eigenvalue weighted by atomic mass is 16.2. The molecular weight excluding hydrogens is 346 g/mol.